The molecule has 2 saturated heterocycles. The molecule has 6 rings (SSSR count). The van der Waals surface area contributed by atoms with Gasteiger partial charge < -0.3 is 15.0 Å². The Labute approximate surface area is 200 Å². The second kappa shape index (κ2) is 7.88. The molecule has 4 atom stereocenters. The molecule has 0 saturated carbocycles. The molecule has 3 aliphatic rings. The molecule has 1 N–H and O–H groups in total. The van der Waals surface area contributed by atoms with Crippen molar-refractivity contribution in [2.24, 2.45) is 0 Å². The average molecular weight is 488 g/mol. The van der Waals surface area contributed by atoms with Crippen molar-refractivity contribution < 1.29 is 18.3 Å². The van der Waals surface area contributed by atoms with E-state index in [1.165, 1.54) is 18.2 Å². The standard InChI is InChI=1S/C24H24ClF2N5O2/c1-11-22(25)12(2)32-23(28-11)17-9-31(10-20(17)30-32)24(33)16-4-3-13(26)5-21(16)34-15-6-14-7-18(27)19(8-15)29-14/h3-5,14-15,18-19,29H,6-10H2,1-2H3. The topological polar surface area (TPSA) is 71.8 Å². The van der Waals surface area contributed by atoms with E-state index in [9.17, 15) is 13.6 Å². The summed E-state index contributed by atoms with van der Waals surface area (Å²) in [5, 5.41) is 8.45. The van der Waals surface area contributed by atoms with E-state index in [1.807, 2.05) is 13.8 Å². The zero-order valence-corrected chi connectivity index (χ0v) is 19.6. The molecular formula is C24H24ClF2N5O2. The summed E-state index contributed by atoms with van der Waals surface area (Å²) in [4.78, 5) is 19.7. The first-order valence-electron chi connectivity index (χ1n) is 11.5. The Morgan fingerprint density at radius 1 is 1.24 bits per heavy atom. The van der Waals surface area contributed by atoms with Crippen LogP contribution < -0.4 is 10.1 Å². The predicted octanol–water partition coefficient (Wildman–Crippen LogP) is 3.90. The Morgan fingerprint density at radius 2 is 2.06 bits per heavy atom. The monoisotopic (exact) mass is 487 g/mol. The van der Waals surface area contributed by atoms with Gasteiger partial charge in [0.25, 0.3) is 5.91 Å². The maximum absolute atomic E-state index is 14.1. The van der Waals surface area contributed by atoms with Crippen LogP contribution in [0.4, 0.5) is 8.78 Å². The summed E-state index contributed by atoms with van der Waals surface area (Å²) in [6, 6.07) is 3.74. The van der Waals surface area contributed by atoms with Crippen molar-refractivity contribution in [2.45, 2.75) is 70.6 Å². The van der Waals surface area contributed by atoms with Gasteiger partial charge in [-0.25, -0.2) is 18.3 Å². The number of piperidine rings is 1. The number of rotatable bonds is 3. The van der Waals surface area contributed by atoms with Crippen LogP contribution in [0.2, 0.25) is 5.02 Å². The van der Waals surface area contributed by atoms with Crippen LogP contribution in [0.15, 0.2) is 18.2 Å². The minimum Gasteiger partial charge on any atom is -0.489 e. The van der Waals surface area contributed by atoms with Gasteiger partial charge in [0.15, 0.2) is 5.65 Å². The number of nitrogens with one attached hydrogen (secondary N) is 1. The van der Waals surface area contributed by atoms with Gasteiger partial charge in [0.2, 0.25) is 0 Å². The Kier molecular flexibility index (Phi) is 5.04. The van der Waals surface area contributed by atoms with E-state index in [0.29, 0.717) is 48.7 Å². The number of alkyl halides is 1. The summed E-state index contributed by atoms with van der Waals surface area (Å²) in [6.07, 6.45) is 0.406. The van der Waals surface area contributed by atoms with E-state index >= 15 is 0 Å². The molecule has 1 aromatic carbocycles. The van der Waals surface area contributed by atoms with Gasteiger partial charge in [-0.1, -0.05) is 11.6 Å². The van der Waals surface area contributed by atoms with Gasteiger partial charge in [-0.05, 0) is 38.8 Å². The van der Waals surface area contributed by atoms with E-state index in [1.54, 1.807) is 9.42 Å². The molecule has 178 valence electrons. The molecule has 4 unspecified atom stereocenters. The maximum atomic E-state index is 14.1. The highest BCUT2D eigenvalue weighted by molar-refractivity contribution is 6.31. The molecule has 10 heteroatoms. The molecular weight excluding hydrogens is 464 g/mol. The number of aromatic nitrogens is 3. The van der Waals surface area contributed by atoms with E-state index < -0.39 is 12.0 Å². The van der Waals surface area contributed by atoms with E-state index in [0.717, 1.165) is 17.0 Å². The second-order valence-electron chi connectivity index (χ2n) is 9.49. The second-order valence-corrected chi connectivity index (χ2v) is 9.87. The molecule has 0 spiro atoms. The number of hydrogen-bond acceptors (Lipinski definition) is 5. The summed E-state index contributed by atoms with van der Waals surface area (Å²) in [7, 11) is 0. The fourth-order valence-corrected chi connectivity index (χ4v) is 5.58. The fraction of sp³-hybridized carbons (Fsp3) is 0.458. The molecule has 0 aliphatic carbocycles. The molecule has 3 aromatic rings. The minimum absolute atomic E-state index is 0.0457. The number of carbonyl (C=O) groups is 1. The largest absolute Gasteiger partial charge is 0.489 e. The lowest BCUT2D eigenvalue weighted by Crippen LogP contribution is -2.44. The lowest BCUT2D eigenvalue weighted by Gasteiger charge is -2.30. The number of nitrogens with zero attached hydrogens (tertiary/aromatic N) is 4. The third-order valence-corrected chi connectivity index (χ3v) is 7.72. The van der Waals surface area contributed by atoms with Crippen LogP contribution in [0.3, 0.4) is 0 Å². The average Bonchev–Trinajstić information content (AvgIpc) is 3.43. The predicted molar refractivity (Wildman–Crippen MR) is 121 cm³/mol. The number of benzene rings is 1. The van der Waals surface area contributed by atoms with Gasteiger partial charge in [0.1, 0.15) is 23.8 Å². The van der Waals surface area contributed by atoms with Crippen LogP contribution in [0.25, 0.3) is 5.65 Å². The molecule has 0 radical (unpaired) electrons. The number of amides is 1. The molecule has 2 aromatic heterocycles. The molecule has 2 bridgehead atoms. The van der Waals surface area contributed by atoms with Crippen molar-refractivity contribution in [3.05, 3.63) is 57.2 Å². The summed E-state index contributed by atoms with van der Waals surface area (Å²) < 4.78 is 36.0. The van der Waals surface area contributed by atoms with Crippen molar-refractivity contribution >= 4 is 23.2 Å². The first-order valence-corrected chi connectivity index (χ1v) is 11.8. The Morgan fingerprint density at radius 3 is 2.85 bits per heavy atom. The normalized spacial score (nSPS) is 25.7. The lowest BCUT2D eigenvalue weighted by molar-refractivity contribution is 0.0735. The summed E-state index contributed by atoms with van der Waals surface area (Å²) in [6.45, 7) is 4.37. The number of hydrogen-bond donors (Lipinski definition) is 1. The SMILES string of the molecule is Cc1nc2c3c(nn2c(C)c1Cl)CN(C(=O)c1ccc(F)cc1OC1CC2CC(F)C(C1)N2)C3. The molecule has 3 aliphatic heterocycles. The Bertz CT molecular complexity index is 1330. The zero-order chi connectivity index (χ0) is 23.7. The molecule has 7 nitrogen and oxygen atoms in total. The van der Waals surface area contributed by atoms with Gasteiger partial charge >= 0.3 is 0 Å². The van der Waals surface area contributed by atoms with Crippen LogP contribution >= 0.6 is 11.6 Å². The fourth-order valence-electron chi connectivity index (χ4n) is 5.46. The van der Waals surface area contributed by atoms with E-state index in [-0.39, 0.29) is 35.4 Å². The number of carbonyl (C=O) groups excluding carboxylic acids is 1. The maximum Gasteiger partial charge on any atom is 0.258 e. The van der Waals surface area contributed by atoms with Gasteiger partial charge in [0.05, 0.1) is 40.8 Å². The van der Waals surface area contributed by atoms with Gasteiger partial charge in [-0.2, -0.15) is 5.10 Å². The van der Waals surface area contributed by atoms with Gasteiger partial charge in [-0.3, -0.25) is 4.79 Å². The molecule has 1 amide bonds. The highest BCUT2D eigenvalue weighted by atomic mass is 35.5. The van der Waals surface area contributed by atoms with Crippen molar-refractivity contribution in [3.8, 4) is 5.75 Å². The molecule has 5 heterocycles. The molecule has 2 fully saturated rings. The van der Waals surface area contributed by atoms with Crippen molar-refractivity contribution in [2.75, 3.05) is 0 Å². The van der Waals surface area contributed by atoms with Crippen LogP contribution in [-0.4, -0.2) is 49.8 Å². The smallest absolute Gasteiger partial charge is 0.258 e. The minimum atomic E-state index is -0.898. The van der Waals surface area contributed by atoms with Gasteiger partial charge in [-0.15, -0.1) is 0 Å². The quantitative estimate of drug-likeness (QED) is 0.606. The number of aryl methyl sites for hydroxylation is 2. The van der Waals surface area contributed by atoms with Gasteiger partial charge in [0, 0.05) is 30.1 Å². The zero-order valence-electron chi connectivity index (χ0n) is 18.8. The van der Waals surface area contributed by atoms with Crippen LogP contribution in [0.1, 0.15) is 52.3 Å². The highest BCUT2D eigenvalue weighted by Crippen LogP contribution is 2.35. The third-order valence-electron chi connectivity index (χ3n) is 7.17. The first-order chi connectivity index (χ1) is 16.3. The highest BCUT2D eigenvalue weighted by Gasteiger charge is 2.42. The van der Waals surface area contributed by atoms with Crippen LogP contribution in [-0.2, 0) is 13.1 Å². The van der Waals surface area contributed by atoms with Crippen LogP contribution in [0.5, 0.6) is 5.75 Å². The Balaban J connectivity index is 1.26. The third kappa shape index (κ3) is 3.44. The summed E-state index contributed by atoms with van der Waals surface area (Å²) >= 11 is 6.32. The number of ether oxygens (including phenoxy) is 1. The lowest BCUT2D eigenvalue weighted by atomic mass is 10.0. The van der Waals surface area contributed by atoms with Crippen molar-refractivity contribution in [3.63, 3.8) is 0 Å². The molecule has 34 heavy (non-hydrogen) atoms. The first kappa shape index (κ1) is 21.7. The number of fused-ring (bicyclic) bond motifs is 5. The Hall–Kier alpha value is -2.78. The van der Waals surface area contributed by atoms with E-state index in [4.69, 9.17) is 16.3 Å². The van der Waals surface area contributed by atoms with Crippen LogP contribution in [0, 0.1) is 19.7 Å². The van der Waals surface area contributed by atoms with Crippen molar-refractivity contribution in [1.82, 2.24) is 24.8 Å². The summed E-state index contributed by atoms with van der Waals surface area (Å²) in [5.74, 6) is -0.558. The van der Waals surface area contributed by atoms with Crippen molar-refractivity contribution in [1.29, 1.82) is 0 Å². The van der Waals surface area contributed by atoms with E-state index in [2.05, 4.69) is 15.4 Å². The summed E-state index contributed by atoms with van der Waals surface area (Å²) in [5.41, 5.74) is 4.13. The number of halogens is 3.